The van der Waals surface area contributed by atoms with Gasteiger partial charge in [-0.2, -0.15) is 0 Å². The van der Waals surface area contributed by atoms with Crippen LogP contribution in [0.1, 0.15) is 42.9 Å². The first kappa shape index (κ1) is 16.5. The average molecular weight is 299 g/mol. The van der Waals surface area contributed by atoms with E-state index in [2.05, 4.69) is 55.3 Å². The molecule has 0 atom stereocenters. The molecule has 0 spiro atoms. The molecule has 0 bridgehead atoms. The number of benzene rings is 1. The summed E-state index contributed by atoms with van der Waals surface area (Å²) in [6.07, 6.45) is 4.78. The maximum Gasteiger partial charge on any atom is 0.123 e. The van der Waals surface area contributed by atoms with Gasteiger partial charge in [-0.1, -0.05) is 32.0 Å². The first-order valence-electron chi connectivity index (χ1n) is 8.10. The number of nitrogens with two attached hydrogens (primary N) is 1. The third kappa shape index (κ3) is 5.15. The molecule has 1 heterocycles. The lowest BCUT2D eigenvalue weighted by molar-refractivity contribution is -0.671. The molecule has 0 aliphatic rings. The van der Waals surface area contributed by atoms with Crippen LogP contribution in [0.3, 0.4) is 0 Å². The van der Waals surface area contributed by atoms with Gasteiger partial charge < -0.3 is 10.1 Å². The summed E-state index contributed by atoms with van der Waals surface area (Å²) in [7, 11) is 0. The van der Waals surface area contributed by atoms with E-state index >= 15 is 0 Å². The molecule has 0 saturated carbocycles. The Bertz CT molecular complexity index is 567. The van der Waals surface area contributed by atoms with Crippen molar-refractivity contribution in [2.45, 2.75) is 39.7 Å². The SMILES string of the molecule is Cc1ccc(C(C)C)c(OCCC[NH2+]Cc2cccnc2)c1. The van der Waals surface area contributed by atoms with Crippen LogP contribution in [0.5, 0.6) is 5.75 Å². The van der Waals surface area contributed by atoms with Crippen molar-refractivity contribution in [1.29, 1.82) is 0 Å². The highest BCUT2D eigenvalue weighted by Crippen LogP contribution is 2.27. The van der Waals surface area contributed by atoms with Crippen molar-refractivity contribution in [2.24, 2.45) is 0 Å². The first-order valence-corrected chi connectivity index (χ1v) is 8.10. The second-order valence-corrected chi connectivity index (χ2v) is 6.04. The van der Waals surface area contributed by atoms with Gasteiger partial charge in [-0.25, -0.2) is 0 Å². The Morgan fingerprint density at radius 3 is 2.82 bits per heavy atom. The van der Waals surface area contributed by atoms with E-state index in [9.17, 15) is 0 Å². The molecule has 118 valence electrons. The van der Waals surface area contributed by atoms with Crippen LogP contribution in [0.15, 0.2) is 42.7 Å². The molecule has 0 amide bonds. The van der Waals surface area contributed by atoms with Crippen molar-refractivity contribution in [3.8, 4) is 5.75 Å². The van der Waals surface area contributed by atoms with E-state index < -0.39 is 0 Å². The quantitative estimate of drug-likeness (QED) is 0.761. The van der Waals surface area contributed by atoms with Crippen molar-refractivity contribution < 1.29 is 10.1 Å². The van der Waals surface area contributed by atoms with Gasteiger partial charge in [0.05, 0.1) is 13.2 Å². The van der Waals surface area contributed by atoms with Crippen LogP contribution < -0.4 is 10.1 Å². The van der Waals surface area contributed by atoms with Gasteiger partial charge >= 0.3 is 0 Å². The van der Waals surface area contributed by atoms with Crippen molar-refractivity contribution in [1.82, 2.24) is 4.98 Å². The molecule has 0 saturated heterocycles. The Morgan fingerprint density at radius 1 is 1.23 bits per heavy atom. The highest BCUT2D eigenvalue weighted by molar-refractivity contribution is 5.39. The van der Waals surface area contributed by atoms with Crippen LogP contribution in [0, 0.1) is 6.92 Å². The zero-order chi connectivity index (χ0) is 15.8. The number of ether oxygens (including phenoxy) is 1. The van der Waals surface area contributed by atoms with Gasteiger partial charge in [-0.15, -0.1) is 0 Å². The molecule has 1 aromatic heterocycles. The maximum absolute atomic E-state index is 6.00. The Hall–Kier alpha value is -1.87. The van der Waals surface area contributed by atoms with E-state index in [0.717, 1.165) is 31.9 Å². The van der Waals surface area contributed by atoms with Crippen molar-refractivity contribution in [3.05, 3.63) is 59.4 Å². The third-order valence-electron chi connectivity index (χ3n) is 3.70. The average Bonchev–Trinajstić information content (AvgIpc) is 2.51. The summed E-state index contributed by atoms with van der Waals surface area (Å²) < 4.78 is 6.00. The lowest BCUT2D eigenvalue weighted by Crippen LogP contribution is -2.82. The predicted octanol–water partition coefficient (Wildman–Crippen LogP) is 3.05. The maximum atomic E-state index is 6.00. The highest BCUT2D eigenvalue weighted by atomic mass is 16.5. The van der Waals surface area contributed by atoms with E-state index in [-0.39, 0.29) is 0 Å². The Labute approximate surface area is 133 Å². The Balaban J connectivity index is 1.71. The van der Waals surface area contributed by atoms with Crippen LogP contribution in [0.4, 0.5) is 0 Å². The molecule has 2 aromatic rings. The minimum Gasteiger partial charge on any atom is -0.493 e. The normalized spacial score (nSPS) is 10.9. The monoisotopic (exact) mass is 299 g/mol. The second kappa shape index (κ2) is 8.54. The summed E-state index contributed by atoms with van der Waals surface area (Å²) in [5, 5.41) is 2.31. The van der Waals surface area contributed by atoms with Crippen LogP contribution in [-0.2, 0) is 6.54 Å². The summed E-state index contributed by atoms with van der Waals surface area (Å²) in [4.78, 5) is 4.13. The summed E-state index contributed by atoms with van der Waals surface area (Å²) >= 11 is 0. The van der Waals surface area contributed by atoms with E-state index in [0.29, 0.717) is 5.92 Å². The van der Waals surface area contributed by atoms with Gasteiger partial charge in [-0.05, 0) is 36.1 Å². The predicted molar refractivity (Wildman–Crippen MR) is 90.1 cm³/mol. The minimum atomic E-state index is 0.493. The van der Waals surface area contributed by atoms with Crippen molar-refractivity contribution in [3.63, 3.8) is 0 Å². The molecule has 0 fully saturated rings. The largest absolute Gasteiger partial charge is 0.493 e. The van der Waals surface area contributed by atoms with Crippen LogP contribution in [-0.4, -0.2) is 18.1 Å². The molecule has 22 heavy (non-hydrogen) atoms. The smallest absolute Gasteiger partial charge is 0.123 e. The summed E-state index contributed by atoms with van der Waals surface area (Å²) in [5.41, 5.74) is 3.82. The lowest BCUT2D eigenvalue weighted by atomic mass is 10.0. The van der Waals surface area contributed by atoms with Gasteiger partial charge in [0.15, 0.2) is 0 Å². The van der Waals surface area contributed by atoms with E-state index in [1.165, 1.54) is 16.7 Å². The minimum absolute atomic E-state index is 0.493. The van der Waals surface area contributed by atoms with Crippen LogP contribution in [0.25, 0.3) is 0 Å². The fourth-order valence-electron chi connectivity index (χ4n) is 2.44. The van der Waals surface area contributed by atoms with Crippen molar-refractivity contribution >= 4 is 0 Å². The van der Waals surface area contributed by atoms with Gasteiger partial charge in [0, 0.05) is 24.4 Å². The van der Waals surface area contributed by atoms with E-state index in [1.54, 1.807) is 0 Å². The van der Waals surface area contributed by atoms with E-state index in [4.69, 9.17) is 4.74 Å². The Morgan fingerprint density at radius 2 is 2.09 bits per heavy atom. The standard InChI is InChI=1S/C19H26N2O/c1-15(2)18-8-7-16(3)12-19(18)22-11-5-10-21-14-17-6-4-9-20-13-17/h4,6-9,12-13,15,21H,5,10-11,14H2,1-3H3/p+1. The third-order valence-corrected chi connectivity index (χ3v) is 3.70. The topological polar surface area (TPSA) is 38.7 Å². The second-order valence-electron chi connectivity index (χ2n) is 6.04. The number of pyridine rings is 1. The zero-order valence-electron chi connectivity index (χ0n) is 13.9. The lowest BCUT2D eigenvalue weighted by Gasteiger charge is -2.14. The number of aryl methyl sites for hydroxylation is 1. The van der Waals surface area contributed by atoms with E-state index in [1.807, 2.05) is 18.5 Å². The van der Waals surface area contributed by atoms with Gasteiger partial charge in [-0.3, -0.25) is 4.98 Å². The van der Waals surface area contributed by atoms with Crippen molar-refractivity contribution in [2.75, 3.05) is 13.2 Å². The zero-order valence-corrected chi connectivity index (χ0v) is 13.9. The highest BCUT2D eigenvalue weighted by Gasteiger charge is 2.08. The molecule has 2 N–H and O–H groups in total. The summed E-state index contributed by atoms with van der Waals surface area (Å²) in [5.74, 6) is 1.54. The number of hydrogen-bond donors (Lipinski definition) is 1. The summed E-state index contributed by atoms with van der Waals surface area (Å²) in [6.45, 7) is 9.34. The molecule has 0 unspecified atom stereocenters. The van der Waals surface area contributed by atoms with Gasteiger partial charge in [0.25, 0.3) is 0 Å². The molecule has 0 aliphatic heterocycles. The molecular weight excluding hydrogens is 272 g/mol. The number of nitrogens with zero attached hydrogens (tertiary/aromatic N) is 1. The number of quaternary nitrogens is 1. The number of aromatic nitrogens is 1. The first-order chi connectivity index (χ1) is 10.7. The number of rotatable bonds is 8. The van der Waals surface area contributed by atoms with Gasteiger partial charge in [0.1, 0.15) is 12.3 Å². The molecule has 2 rings (SSSR count). The molecule has 3 heteroatoms. The molecular formula is C19H27N2O+. The van der Waals surface area contributed by atoms with Gasteiger partial charge in [0.2, 0.25) is 0 Å². The fraction of sp³-hybridized carbons (Fsp3) is 0.421. The van der Waals surface area contributed by atoms with Crippen LogP contribution in [0.2, 0.25) is 0 Å². The molecule has 0 aliphatic carbocycles. The molecule has 0 radical (unpaired) electrons. The number of hydrogen-bond acceptors (Lipinski definition) is 2. The van der Waals surface area contributed by atoms with Crippen LogP contribution >= 0.6 is 0 Å². The molecule has 3 nitrogen and oxygen atoms in total. The molecule has 1 aromatic carbocycles. The fourth-order valence-corrected chi connectivity index (χ4v) is 2.44. The summed E-state index contributed by atoms with van der Waals surface area (Å²) in [6, 6.07) is 10.6. The Kier molecular flexibility index (Phi) is 6.41.